The molecule has 1 spiro atoms. The lowest BCUT2D eigenvalue weighted by molar-refractivity contribution is -0.125. The average molecular weight is 329 g/mol. The number of aliphatic hydroxyl groups excluding tert-OH is 1. The molecule has 0 saturated heterocycles. The molecule has 0 aromatic heterocycles. The van der Waals surface area contributed by atoms with Gasteiger partial charge in [-0.25, -0.2) is 0 Å². The largest absolute Gasteiger partial charge is 0.512 e. The van der Waals surface area contributed by atoms with Crippen LogP contribution in [0, 0.1) is 0 Å². The molecule has 1 aliphatic carbocycles. The molecule has 1 atom stereocenters. The van der Waals surface area contributed by atoms with Crippen molar-refractivity contribution in [3.63, 3.8) is 0 Å². The van der Waals surface area contributed by atoms with E-state index in [1.807, 2.05) is 37.3 Å². The summed E-state index contributed by atoms with van der Waals surface area (Å²) >= 11 is 0. The van der Waals surface area contributed by atoms with Gasteiger partial charge in [-0.15, -0.1) is 0 Å². The van der Waals surface area contributed by atoms with Crippen LogP contribution in [-0.4, -0.2) is 27.6 Å². The van der Waals surface area contributed by atoms with Gasteiger partial charge in [0.25, 0.3) is 5.90 Å². The first kappa shape index (κ1) is 16.6. The summed E-state index contributed by atoms with van der Waals surface area (Å²) in [5, 5.41) is 23.6. The normalized spacial score (nSPS) is 23.4. The number of ether oxygens (including phenoxy) is 1. The minimum atomic E-state index is -0.627. The highest BCUT2D eigenvalue weighted by molar-refractivity contribution is 5.96. The Bertz CT molecular complexity index is 668. The molecule has 0 amide bonds. The second-order valence-electron chi connectivity index (χ2n) is 6.64. The third-order valence-electron chi connectivity index (χ3n) is 5.11. The summed E-state index contributed by atoms with van der Waals surface area (Å²) in [6, 6.07) is 9.82. The standard InChI is InChI=1S/C19H23NO4/c1-2-15(13-6-4-3-5-7-13)17-16(22)12-19(24-18(17)20-23)10-8-14(21)9-11-19/h3-7,15,22-23H,2,8-12H2,1H3. The minimum Gasteiger partial charge on any atom is -0.512 e. The zero-order valence-corrected chi connectivity index (χ0v) is 13.9. The van der Waals surface area contributed by atoms with Gasteiger partial charge in [-0.1, -0.05) is 37.3 Å². The summed E-state index contributed by atoms with van der Waals surface area (Å²) in [5.74, 6) is 0.416. The number of hydrogen-bond acceptors (Lipinski definition) is 5. The Kier molecular flexibility index (Phi) is 4.60. The van der Waals surface area contributed by atoms with Crippen LogP contribution in [0.4, 0.5) is 0 Å². The van der Waals surface area contributed by atoms with E-state index in [-0.39, 0.29) is 23.4 Å². The van der Waals surface area contributed by atoms with Crippen molar-refractivity contribution in [1.29, 1.82) is 0 Å². The van der Waals surface area contributed by atoms with Crippen LogP contribution in [0.5, 0.6) is 0 Å². The molecule has 1 aliphatic heterocycles. The van der Waals surface area contributed by atoms with Gasteiger partial charge >= 0.3 is 0 Å². The first-order valence-electron chi connectivity index (χ1n) is 8.48. The molecule has 1 unspecified atom stereocenters. The summed E-state index contributed by atoms with van der Waals surface area (Å²) < 4.78 is 6.03. The Morgan fingerprint density at radius 3 is 2.50 bits per heavy atom. The number of benzene rings is 1. The number of carbonyl (C=O) groups is 1. The Balaban J connectivity index is 1.96. The number of aliphatic hydroxyl groups is 1. The molecule has 3 rings (SSSR count). The van der Waals surface area contributed by atoms with E-state index in [9.17, 15) is 15.1 Å². The van der Waals surface area contributed by atoms with E-state index in [2.05, 4.69) is 5.16 Å². The van der Waals surface area contributed by atoms with Crippen molar-refractivity contribution in [3.05, 3.63) is 47.2 Å². The van der Waals surface area contributed by atoms with E-state index in [1.165, 1.54) is 0 Å². The highest BCUT2D eigenvalue weighted by Crippen LogP contribution is 2.43. The second kappa shape index (κ2) is 6.67. The van der Waals surface area contributed by atoms with E-state index in [0.29, 0.717) is 37.7 Å². The molecule has 2 aliphatic rings. The zero-order chi connectivity index (χ0) is 17.2. The Morgan fingerprint density at radius 1 is 1.25 bits per heavy atom. The van der Waals surface area contributed by atoms with Gasteiger partial charge in [0, 0.05) is 25.2 Å². The first-order valence-corrected chi connectivity index (χ1v) is 8.48. The van der Waals surface area contributed by atoms with Crippen LogP contribution in [0.2, 0.25) is 0 Å². The Labute approximate surface area is 141 Å². The molecule has 1 aromatic rings. The predicted molar refractivity (Wildman–Crippen MR) is 90.3 cm³/mol. The number of ketones is 1. The fourth-order valence-electron chi connectivity index (χ4n) is 3.80. The molecule has 5 heteroatoms. The SMILES string of the molecule is CCC(C1=C(O)CC2(CCC(=O)CC2)OC1=NO)c1ccccc1. The zero-order valence-electron chi connectivity index (χ0n) is 13.9. The third kappa shape index (κ3) is 3.03. The van der Waals surface area contributed by atoms with Gasteiger partial charge in [-0.3, -0.25) is 4.79 Å². The number of nitrogens with zero attached hydrogens (tertiary/aromatic N) is 1. The van der Waals surface area contributed by atoms with Gasteiger partial charge in [0.2, 0.25) is 0 Å². The number of carbonyl (C=O) groups excluding carboxylic acids is 1. The average Bonchev–Trinajstić information content (AvgIpc) is 2.61. The van der Waals surface area contributed by atoms with E-state index in [0.717, 1.165) is 12.0 Å². The molecule has 1 saturated carbocycles. The van der Waals surface area contributed by atoms with Crippen molar-refractivity contribution in [2.45, 2.75) is 57.0 Å². The monoisotopic (exact) mass is 329 g/mol. The smallest absolute Gasteiger partial charge is 0.257 e. The lowest BCUT2D eigenvalue weighted by atomic mass is 9.77. The van der Waals surface area contributed by atoms with Crippen molar-refractivity contribution in [2.75, 3.05) is 0 Å². The van der Waals surface area contributed by atoms with Gasteiger partial charge in [0.05, 0.1) is 5.57 Å². The first-order chi connectivity index (χ1) is 11.6. The van der Waals surface area contributed by atoms with Gasteiger partial charge < -0.3 is 15.1 Å². The van der Waals surface area contributed by atoms with E-state index >= 15 is 0 Å². The van der Waals surface area contributed by atoms with Gasteiger partial charge in [0.1, 0.15) is 17.1 Å². The molecule has 5 nitrogen and oxygen atoms in total. The molecule has 24 heavy (non-hydrogen) atoms. The number of hydrogen-bond donors (Lipinski definition) is 2. The number of rotatable bonds is 3. The van der Waals surface area contributed by atoms with Crippen molar-refractivity contribution < 1.29 is 19.8 Å². The molecular weight excluding hydrogens is 306 g/mol. The van der Waals surface area contributed by atoms with Crippen LogP contribution in [0.3, 0.4) is 0 Å². The molecule has 2 N–H and O–H groups in total. The van der Waals surface area contributed by atoms with Gasteiger partial charge in [-0.05, 0) is 30.0 Å². The van der Waals surface area contributed by atoms with Crippen molar-refractivity contribution in [3.8, 4) is 0 Å². The maximum Gasteiger partial charge on any atom is 0.257 e. The van der Waals surface area contributed by atoms with Crippen molar-refractivity contribution in [1.82, 2.24) is 0 Å². The fourth-order valence-corrected chi connectivity index (χ4v) is 3.80. The van der Waals surface area contributed by atoms with Crippen molar-refractivity contribution in [2.24, 2.45) is 5.16 Å². The molecule has 0 bridgehead atoms. The summed E-state index contributed by atoms with van der Waals surface area (Å²) in [6.45, 7) is 2.02. The Morgan fingerprint density at radius 2 is 1.92 bits per heavy atom. The van der Waals surface area contributed by atoms with Crippen LogP contribution < -0.4 is 0 Å². The number of oxime groups is 1. The lowest BCUT2D eigenvalue weighted by Gasteiger charge is -2.41. The maximum absolute atomic E-state index is 11.5. The van der Waals surface area contributed by atoms with E-state index in [4.69, 9.17) is 4.74 Å². The summed E-state index contributed by atoms with van der Waals surface area (Å²) in [4.78, 5) is 11.5. The number of Topliss-reactive ketones (excluding diaryl/α,β-unsaturated/α-hetero) is 1. The summed E-state index contributed by atoms with van der Waals surface area (Å²) in [6.07, 6.45) is 3.08. The van der Waals surface area contributed by atoms with E-state index in [1.54, 1.807) is 0 Å². The second-order valence-corrected chi connectivity index (χ2v) is 6.64. The van der Waals surface area contributed by atoms with Crippen LogP contribution in [0.25, 0.3) is 0 Å². The molecular formula is C19H23NO4. The van der Waals surface area contributed by atoms with Crippen LogP contribution >= 0.6 is 0 Å². The quantitative estimate of drug-likeness (QED) is 0.647. The predicted octanol–water partition coefficient (Wildman–Crippen LogP) is 4.08. The molecule has 1 aromatic carbocycles. The molecule has 1 heterocycles. The van der Waals surface area contributed by atoms with Crippen LogP contribution in [0.15, 0.2) is 46.8 Å². The van der Waals surface area contributed by atoms with Gasteiger partial charge in [-0.2, -0.15) is 0 Å². The van der Waals surface area contributed by atoms with Crippen LogP contribution in [0.1, 0.15) is 56.9 Å². The fraction of sp³-hybridized carbons (Fsp3) is 0.474. The lowest BCUT2D eigenvalue weighted by Crippen LogP contribution is -2.44. The maximum atomic E-state index is 11.5. The van der Waals surface area contributed by atoms with Crippen LogP contribution in [-0.2, 0) is 9.53 Å². The highest BCUT2D eigenvalue weighted by atomic mass is 16.5. The molecule has 128 valence electrons. The highest BCUT2D eigenvalue weighted by Gasteiger charge is 2.45. The summed E-state index contributed by atoms with van der Waals surface area (Å²) in [5.41, 5.74) is 0.965. The minimum absolute atomic E-state index is 0.0869. The van der Waals surface area contributed by atoms with E-state index < -0.39 is 5.60 Å². The topological polar surface area (TPSA) is 79.1 Å². The van der Waals surface area contributed by atoms with Crippen molar-refractivity contribution >= 4 is 11.7 Å². The molecule has 0 radical (unpaired) electrons. The van der Waals surface area contributed by atoms with Gasteiger partial charge in [0.15, 0.2) is 0 Å². The molecule has 1 fully saturated rings. The summed E-state index contributed by atoms with van der Waals surface area (Å²) in [7, 11) is 0. The third-order valence-corrected chi connectivity index (χ3v) is 5.11. The Hall–Kier alpha value is -2.30.